The van der Waals surface area contributed by atoms with Crippen molar-refractivity contribution in [1.82, 2.24) is 4.90 Å². The third-order valence-corrected chi connectivity index (χ3v) is 4.30. The normalized spacial score (nSPS) is 13.4. The fraction of sp³-hybridized carbons (Fsp3) is 0.500. The number of sulfone groups is 1. The van der Waals surface area contributed by atoms with Gasteiger partial charge in [-0.2, -0.15) is 0 Å². The summed E-state index contributed by atoms with van der Waals surface area (Å²) in [5.74, 6) is 0.147. The first-order chi connectivity index (χ1) is 7.71. The summed E-state index contributed by atoms with van der Waals surface area (Å²) in [5.41, 5.74) is 0. The molecule has 96 valence electrons. The standard InChI is InChI=1S/C10H14BrNO4S/c1-7(17(3,14)15)10(13)12(2)6-8-4-5-9(11)16-8/h4-5,7H,6H2,1-3H3/t7-/m0/s1. The van der Waals surface area contributed by atoms with E-state index in [1.54, 1.807) is 19.2 Å². The Kier molecular flexibility index (Phi) is 4.37. The topological polar surface area (TPSA) is 67.6 Å². The van der Waals surface area contributed by atoms with Gasteiger partial charge < -0.3 is 9.32 Å². The van der Waals surface area contributed by atoms with E-state index in [0.717, 1.165) is 6.26 Å². The molecule has 1 amide bonds. The number of carbonyl (C=O) groups is 1. The first-order valence-electron chi connectivity index (χ1n) is 4.90. The smallest absolute Gasteiger partial charge is 0.240 e. The molecule has 1 rings (SSSR count). The van der Waals surface area contributed by atoms with Crippen molar-refractivity contribution in [1.29, 1.82) is 0 Å². The zero-order chi connectivity index (χ0) is 13.2. The van der Waals surface area contributed by atoms with Crippen LogP contribution in [0.5, 0.6) is 0 Å². The van der Waals surface area contributed by atoms with Crippen LogP contribution in [0.1, 0.15) is 12.7 Å². The fourth-order valence-corrected chi connectivity index (χ4v) is 2.13. The Labute approximate surface area is 109 Å². The molecule has 0 saturated heterocycles. The van der Waals surface area contributed by atoms with Crippen LogP contribution in [0.3, 0.4) is 0 Å². The summed E-state index contributed by atoms with van der Waals surface area (Å²) in [6.45, 7) is 1.62. The van der Waals surface area contributed by atoms with Crippen LogP contribution in [0.25, 0.3) is 0 Å². The summed E-state index contributed by atoms with van der Waals surface area (Å²) < 4.78 is 28.3. The van der Waals surface area contributed by atoms with Gasteiger partial charge >= 0.3 is 0 Å². The Morgan fingerprint density at radius 1 is 1.53 bits per heavy atom. The molecule has 0 aliphatic rings. The summed E-state index contributed by atoms with van der Waals surface area (Å²) >= 11 is 3.15. The molecule has 0 radical (unpaired) electrons. The average Bonchev–Trinajstić information content (AvgIpc) is 2.60. The van der Waals surface area contributed by atoms with E-state index in [9.17, 15) is 13.2 Å². The lowest BCUT2D eigenvalue weighted by Crippen LogP contribution is -2.38. The molecule has 0 unspecified atom stereocenters. The first-order valence-corrected chi connectivity index (χ1v) is 7.64. The monoisotopic (exact) mass is 323 g/mol. The van der Waals surface area contributed by atoms with E-state index in [2.05, 4.69) is 15.9 Å². The summed E-state index contributed by atoms with van der Waals surface area (Å²) in [6.07, 6.45) is 1.05. The van der Waals surface area contributed by atoms with Gasteiger partial charge in [-0.1, -0.05) is 0 Å². The van der Waals surface area contributed by atoms with Crippen LogP contribution >= 0.6 is 15.9 Å². The maximum absolute atomic E-state index is 11.8. The number of furan rings is 1. The van der Waals surface area contributed by atoms with Gasteiger partial charge in [0.1, 0.15) is 11.0 Å². The zero-order valence-corrected chi connectivity index (χ0v) is 12.2. The van der Waals surface area contributed by atoms with Gasteiger partial charge in [0.05, 0.1) is 6.54 Å². The fourth-order valence-electron chi connectivity index (χ4n) is 1.24. The molecule has 0 fully saturated rings. The second kappa shape index (κ2) is 5.22. The molecule has 7 heteroatoms. The number of rotatable bonds is 4. The molecule has 0 bridgehead atoms. The molecule has 17 heavy (non-hydrogen) atoms. The van der Waals surface area contributed by atoms with Crippen molar-refractivity contribution in [3.8, 4) is 0 Å². The van der Waals surface area contributed by atoms with E-state index >= 15 is 0 Å². The van der Waals surface area contributed by atoms with E-state index in [-0.39, 0.29) is 6.54 Å². The number of hydrogen-bond acceptors (Lipinski definition) is 4. The molecular weight excluding hydrogens is 310 g/mol. The SMILES string of the molecule is C[C@@H](C(=O)N(C)Cc1ccc(Br)o1)S(C)(=O)=O. The van der Waals surface area contributed by atoms with Crippen molar-refractivity contribution in [2.45, 2.75) is 18.7 Å². The summed E-state index contributed by atoms with van der Waals surface area (Å²) in [7, 11) is -1.82. The van der Waals surface area contributed by atoms with Gasteiger partial charge in [0.15, 0.2) is 14.5 Å². The van der Waals surface area contributed by atoms with Gasteiger partial charge in [-0.15, -0.1) is 0 Å². The lowest BCUT2D eigenvalue weighted by atomic mass is 10.3. The Hall–Kier alpha value is -0.820. The van der Waals surface area contributed by atoms with Gasteiger partial charge in [0.25, 0.3) is 0 Å². The molecule has 1 aromatic rings. The average molecular weight is 324 g/mol. The minimum absolute atomic E-state index is 0.240. The van der Waals surface area contributed by atoms with E-state index in [4.69, 9.17) is 4.42 Å². The summed E-state index contributed by atoms with van der Waals surface area (Å²) in [5, 5.41) is -1.04. The van der Waals surface area contributed by atoms with Crippen molar-refractivity contribution < 1.29 is 17.6 Å². The lowest BCUT2D eigenvalue weighted by molar-refractivity contribution is -0.129. The van der Waals surface area contributed by atoms with Crippen LogP contribution in [0, 0.1) is 0 Å². The second-order valence-corrected chi connectivity index (χ2v) is 7.02. The molecule has 0 spiro atoms. The van der Waals surface area contributed by atoms with Crippen molar-refractivity contribution >= 4 is 31.7 Å². The van der Waals surface area contributed by atoms with Crippen molar-refractivity contribution in [3.63, 3.8) is 0 Å². The van der Waals surface area contributed by atoms with Gasteiger partial charge in [-0.3, -0.25) is 4.79 Å². The van der Waals surface area contributed by atoms with Crippen LogP contribution in [-0.4, -0.2) is 37.8 Å². The van der Waals surface area contributed by atoms with E-state index < -0.39 is 21.0 Å². The molecule has 0 N–H and O–H groups in total. The Morgan fingerprint density at radius 3 is 2.53 bits per heavy atom. The van der Waals surface area contributed by atoms with Gasteiger partial charge in [-0.25, -0.2) is 8.42 Å². The number of hydrogen-bond donors (Lipinski definition) is 0. The summed E-state index contributed by atoms with van der Waals surface area (Å²) in [6, 6.07) is 3.44. The molecule has 1 atom stereocenters. The molecule has 5 nitrogen and oxygen atoms in total. The predicted octanol–water partition coefficient (Wildman–Crippen LogP) is 1.43. The highest BCUT2D eigenvalue weighted by Crippen LogP contribution is 2.16. The number of halogens is 1. The number of carbonyl (C=O) groups excluding carboxylic acids is 1. The zero-order valence-electron chi connectivity index (χ0n) is 9.81. The van der Waals surface area contributed by atoms with Crippen molar-refractivity contribution in [2.75, 3.05) is 13.3 Å². The molecule has 1 aromatic heterocycles. The van der Waals surface area contributed by atoms with Gasteiger partial charge in [0.2, 0.25) is 5.91 Å². The number of amides is 1. The van der Waals surface area contributed by atoms with E-state index in [1.165, 1.54) is 11.8 Å². The Balaban J connectivity index is 2.71. The van der Waals surface area contributed by atoms with Crippen molar-refractivity contribution in [2.24, 2.45) is 0 Å². The molecule has 0 saturated carbocycles. The third kappa shape index (κ3) is 3.85. The van der Waals surface area contributed by atoms with Gasteiger partial charge in [-0.05, 0) is 35.0 Å². The minimum Gasteiger partial charge on any atom is -0.452 e. The highest BCUT2D eigenvalue weighted by molar-refractivity contribution is 9.10. The predicted molar refractivity (Wildman–Crippen MR) is 67.2 cm³/mol. The van der Waals surface area contributed by atoms with Crippen LogP contribution in [0.15, 0.2) is 21.2 Å². The maximum Gasteiger partial charge on any atom is 0.240 e. The van der Waals surface area contributed by atoms with E-state index in [0.29, 0.717) is 10.4 Å². The third-order valence-electron chi connectivity index (χ3n) is 2.39. The highest BCUT2D eigenvalue weighted by Gasteiger charge is 2.26. The first kappa shape index (κ1) is 14.2. The molecule has 0 aromatic carbocycles. The Bertz CT molecular complexity index is 508. The second-order valence-electron chi connectivity index (χ2n) is 3.87. The molecule has 0 aliphatic carbocycles. The summed E-state index contributed by atoms with van der Waals surface area (Å²) in [4.78, 5) is 13.1. The van der Waals surface area contributed by atoms with Crippen LogP contribution < -0.4 is 0 Å². The van der Waals surface area contributed by atoms with Crippen molar-refractivity contribution in [3.05, 3.63) is 22.6 Å². The quantitative estimate of drug-likeness (QED) is 0.840. The van der Waals surface area contributed by atoms with Gasteiger partial charge in [0, 0.05) is 13.3 Å². The van der Waals surface area contributed by atoms with Crippen LogP contribution in [-0.2, 0) is 21.2 Å². The number of nitrogens with zero attached hydrogens (tertiary/aromatic N) is 1. The van der Waals surface area contributed by atoms with Crippen LogP contribution in [0.4, 0.5) is 0 Å². The largest absolute Gasteiger partial charge is 0.452 e. The van der Waals surface area contributed by atoms with E-state index in [1.807, 2.05) is 0 Å². The molecular formula is C10H14BrNO4S. The molecule has 1 heterocycles. The highest BCUT2D eigenvalue weighted by atomic mass is 79.9. The lowest BCUT2D eigenvalue weighted by Gasteiger charge is -2.19. The van der Waals surface area contributed by atoms with Crippen LogP contribution in [0.2, 0.25) is 0 Å². The minimum atomic E-state index is -3.37. The molecule has 0 aliphatic heterocycles. The maximum atomic E-state index is 11.8. The Morgan fingerprint density at radius 2 is 2.12 bits per heavy atom.